The molecule has 10 aliphatic rings. The lowest BCUT2D eigenvalue weighted by Crippen LogP contribution is -2.55. The first-order valence-corrected chi connectivity index (χ1v) is 40.6. The highest BCUT2D eigenvalue weighted by Gasteiger charge is 2.53. The van der Waals surface area contributed by atoms with Gasteiger partial charge in [-0.3, -0.25) is 9.59 Å². The summed E-state index contributed by atoms with van der Waals surface area (Å²) < 4.78 is 72.5. The van der Waals surface area contributed by atoms with Crippen molar-refractivity contribution in [2.24, 2.45) is 53.1 Å². The van der Waals surface area contributed by atoms with Crippen molar-refractivity contribution < 1.29 is 66.4 Å². The zero-order chi connectivity index (χ0) is 74.4. The third-order valence-electron chi connectivity index (χ3n) is 22.6. The van der Waals surface area contributed by atoms with Crippen LogP contribution in [0, 0.1) is 47.3 Å². The van der Waals surface area contributed by atoms with E-state index in [2.05, 4.69) is 65.5 Å². The summed E-state index contributed by atoms with van der Waals surface area (Å²) in [4.78, 5) is 58.8. The lowest BCUT2D eigenvalue weighted by Gasteiger charge is -2.56. The van der Waals surface area contributed by atoms with Gasteiger partial charge in [-0.05, 0) is 156 Å². The molecule has 4 aromatic rings. The Morgan fingerprint density at radius 3 is 1.12 bits per heavy atom. The number of amides is 2. The summed E-state index contributed by atoms with van der Waals surface area (Å²) in [5.74, 6) is 8.52. The van der Waals surface area contributed by atoms with Crippen LogP contribution in [-0.4, -0.2) is 273 Å². The Balaban J connectivity index is 0.395. The standard InChI is InChI=1S/C75H123N19O14/c1-55-7-13-91(14-8-55)70-79-68(85-74-47-57-41-58(48-74)43-59(42-57)49-74)81-72(83-70)107-39-37-105-35-33-103-31-29-101-27-25-99-23-21-97-19-17-93-53-63(87-89-93)5-11-77-66(95)4-3-65(76)67(96)78-12-6-64-54-94(90-88-64)18-20-98-22-24-100-26-28-102-30-32-104-34-36-106-38-40-108-73-82-69(80-71(84-73)92-15-9-56(2)10-16-92)86-75-50-60-44-61(51-75)46-62(45-60)52-75/h53-62,65H,3-52,76H2,1-2H3,(H,77,95)(H,78,96)(H,79,81,83,85)(H,80,82,84,86)/t57?,58?,59?,60?,61?,62?,65-,74?,75?/m0/s1. The average molecular weight is 1510 g/mol. The Morgan fingerprint density at radius 1 is 0.444 bits per heavy atom. The maximum absolute atomic E-state index is 12.7. The van der Waals surface area contributed by atoms with Gasteiger partial charge in [0.15, 0.2) is 0 Å². The maximum atomic E-state index is 12.7. The predicted octanol–water partition coefficient (Wildman–Crippen LogP) is 4.92. The van der Waals surface area contributed by atoms with Crippen LogP contribution >= 0.6 is 0 Å². The van der Waals surface area contributed by atoms with E-state index in [1.165, 1.54) is 77.0 Å². The number of carbonyl (C=O) groups excluding carboxylic acids is 2. The van der Waals surface area contributed by atoms with Gasteiger partial charge in [0.1, 0.15) is 13.2 Å². The lowest BCUT2D eigenvalue weighted by atomic mass is 9.53. The second kappa shape index (κ2) is 42.9. The number of nitrogens with two attached hydrogens (primary N) is 1. The van der Waals surface area contributed by atoms with E-state index in [0.29, 0.717) is 232 Å². The van der Waals surface area contributed by atoms with Crippen LogP contribution in [-0.2, 0) is 82.9 Å². The molecule has 108 heavy (non-hydrogen) atoms. The fraction of sp³-hybridized carbons (Fsp3) is 0.840. The van der Waals surface area contributed by atoms with E-state index in [1.807, 2.05) is 12.4 Å². The molecule has 2 aliphatic heterocycles. The van der Waals surface area contributed by atoms with Crippen LogP contribution in [0.2, 0.25) is 0 Å². The molecular formula is C75H123N19O14. The Labute approximate surface area is 636 Å². The summed E-state index contributed by atoms with van der Waals surface area (Å²) >= 11 is 0. The minimum atomic E-state index is -0.831. The molecule has 602 valence electrons. The minimum Gasteiger partial charge on any atom is -0.461 e. The number of hydrogen-bond acceptors (Lipinski definition) is 29. The van der Waals surface area contributed by atoms with E-state index < -0.39 is 6.04 Å². The first-order chi connectivity index (χ1) is 52.9. The number of nitrogens with one attached hydrogen (secondary N) is 4. The van der Waals surface area contributed by atoms with Gasteiger partial charge in [-0.2, -0.15) is 29.9 Å². The molecule has 6 N–H and O–H groups in total. The third-order valence-corrected chi connectivity index (χ3v) is 22.6. The summed E-state index contributed by atoms with van der Waals surface area (Å²) in [5, 5.41) is 30.1. The molecule has 1 atom stereocenters. The molecule has 33 heteroatoms. The number of hydrogen-bond donors (Lipinski definition) is 5. The average Bonchev–Trinajstić information content (AvgIpc) is 0.868. The highest BCUT2D eigenvalue weighted by Crippen LogP contribution is 2.58. The fourth-order valence-corrected chi connectivity index (χ4v) is 17.7. The van der Waals surface area contributed by atoms with Crippen molar-refractivity contribution in [1.82, 2.24) is 70.5 Å². The molecule has 33 nitrogen and oxygen atoms in total. The summed E-state index contributed by atoms with van der Waals surface area (Å²) in [7, 11) is 0. The predicted molar refractivity (Wildman–Crippen MR) is 400 cm³/mol. The van der Waals surface area contributed by atoms with Crippen LogP contribution in [0.15, 0.2) is 12.4 Å². The van der Waals surface area contributed by atoms with Crippen LogP contribution in [0.4, 0.5) is 23.8 Å². The van der Waals surface area contributed by atoms with E-state index in [0.717, 1.165) is 98.8 Å². The molecule has 2 amide bonds. The second-order valence-corrected chi connectivity index (χ2v) is 31.5. The number of nitrogens with zero attached hydrogens (tertiary/aromatic N) is 14. The Bertz CT molecular complexity index is 3220. The van der Waals surface area contributed by atoms with E-state index >= 15 is 0 Å². The molecule has 4 aromatic heterocycles. The normalized spacial score (nSPS) is 24.1. The van der Waals surface area contributed by atoms with Gasteiger partial charge in [0, 0.05) is 82.0 Å². The molecule has 14 rings (SSSR count). The highest BCUT2D eigenvalue weighted by molar-refractivity contribution is 5.83. The molecule has 0 aromatic carbocycles. The minimum absolute atomic E-state index is 0.0924. The molecule has 8 saturated carbocycles. The third kappa shape index (κ3) is 26.7. The molecule has 6 heterocycles. The van der Waals surface area contributed by atoms with Gasteiger partial charge >= 0.3 is 12.0 Å². The summed E-state index contributed by atoms with van der Waals surface area (Å²) in [6.45, 7) is 19.6. The van der Waals surface area contributed by atoms with Gasteiger partial charge < -0.3 is 93.6 Å². The second-order valence-electron chi connectivity index (χ2n) is 31.5. The number of carbonyl (C=O) groups is 2. The van der Waals surface area contributed by atoms with Crippen molar-refractivity contribution in [2.75, 3.05) is 205 Å². The zero-order valence-electron chi connectivity index (χ0n) is 64.3. The van der Waals surface area contributed by atoms with E-state index in [1.54, 1.807) is 9.36 Å². The van der Waals surface area contributed by atoms with Crippen molar-refractivity contribution in [3.05, 3.63) is 23.8 Å². The van der Waals surface area contributed by atoms with Gasteiger partial charge in [-0.15, -0.1) is 10.2 Å². The molecule has 0 unspecified atom stereocenters. The van der Waals surface area contributed by atoms with Crippen LogP contribution in [0.5, 0.6) is 12.0 Å². The van der Waals surface area contributed by atoms with Crippen LogP contribution in [0.3, 0.4) is 0 Å². The topological polar surface area (TPSA) is 364 Å². The first kappa shape index (κ1) is 81.1. The SMILES string of the molecule is CC1CCN(c2nc(NC34CC5CC(CC(C5)C3)C4)nc(OCCOCCOCCOCCOCCOCCn3cc(CCNC(=O)CC[C@H](N)C(=O)NCCc4cn(CCOCCOCCOCCOCCOCCOc5nc(NC67CC8CC(CC(C8)C6)C7)nc(N6CCC(C)CC6)n5)nn4)nn3)n2)CC1. The highest BCUT2D eigenvalue weighted by atomic mass is 16.6. The molecule has 0 radical (unpaired) electrons. The Hall–Kier alpha value is -6.40. The van der Waals surface area contributed by atoms with Crippen molar-refractivity contribution in [3.63, 3.8) is 0 Å². The quantitative estimate of drug-likeness (QED) is 0.0366. The van der Waals surface area contributed by atoms with E-state index in [4.69, 9.17) is 92.5 Å². The number of anilines is 4. The summed E-state index contributed by atoms with van der Waals surface area (Å²) in [6, 6.07) is -0.132. The molecule has 0 spiro atoms. The number of aromatic nitrogens is 12. The van der Waals surface area contributed by atoms with Crippen molar-refractivity contribution >= 4 is 35.6 Å². The first-order valence-electron chi connectivity index (χ1n) is 40.6. The van der Waals surface area contributed by atoms with E-state index in [9.17, 15) is 9.59 Å². The molecule has 10 fully saturated rings. The molecule has 8 aliphatic carbocycles. The number of piperidine rings is 2. The fourth-order valence-electron chi connectivity index (χ4n) is 17.7. The van der Waals surface area contributed by atoms with Crippen molar-refractivity contribution in [2.45, 2.75) is 172 Å². The number of ether oxygens (including phenoxy) is 12. The lowest BCUT2D eigenvalue weighted by molar-refractivity contribution is -0.123. The molecule has 8 bridgehead atoms. The van der Waals surface area contributed by atoms with Gasteiger partial charge in [0.05, 0.1) is 163 Å². The van der Waals surface area contributed by atoms with Crippen LogP contribution in [0.1, 0.15) is 141 Å². The zero-order valence-corrected chi connectivity index (χ0v) is 64.3. The van der Waals surface area contributed by atoms with E-state index in [-0.39, 0.29) is 35.7 Å². The Morgan fingerprint density at radius 2 is 0.769 bits per heavy atom. The molecular weight excluding hydrogens is 1390 g/mol. The summed E-state index contributed by atoms with van der Waals surface area (Å²) in [5.41, 5.74) is 7.77. The smallest absolute Gasteiger partial charge is 0.323 e. The van der Waals surface area contributed by atoms with Crippen molar-refractivity contribution in [3.8, 4) is 12.0 Å². The summed E-state index contributed by atoms with van der Waals surface area (Å²) in [6.07, 6.45) is 25.0. The molecule has 2 saturated heterocycles. The largest absolute Gasteiger partial charge is 0.461 e. The van der Waals surface area contributed by atoms with Gasteiger partial charge in [0.2, 0.25) is 35.6 Å². The number of rotatable bonds is 54. The van der Waals surface area contributed by atoms with Gasteiger partial charge in [-0.1, -0.05) is 24.3 Å². The van der Waals surface area contributed by atoms with Gasteiger partial charge in [-0.25, -0.2) is 9.36 Å². The van der Waals surface area contributed by atoms with Crippen LogP contribution in [0.25, 0.3) is 0 Å². The van der Waals surface area contributed by atoms with Crippen molar-refractivity contribution in [1.29, 1.82) is 0 Å². The maximum Gasteiger partial charge on any atom is 0.323 e. The Kier molecular flexibility index (Phi) is 32.2. The van der Waals surface area contributed by atoms with Crippen LogP contribution < -0.4 is 46.3 Å². The van der Waals surface area contributed by atoms with Gasteiger partial charge in [0.25, 0.3) is 0 Å². The monoisotopic (exact) mass is 1510 g/mol.